The van der Waals surface area contributed by atoms with E-state index in [4.69, 9.17) is 16.7 Å². The highest BCUT2D eigenvalue weighted by molar-refractivity contribution is 7.99. The third kappa shape index (κ3) is 3.24. The Morgan fingerprint density at radius 1 is 1.17 bits per heavy atom. The number of aromatic nitrogens is 1. The van der Waals surface area contributed by atoms with Crippen LogP contribution in [0.3, 0.4) is 0 Å². The topological polar surface area (TPSA) is 31.6 Å². The summed E-state index contributed by atoms with van der Waals surface area (Å²) in [4.78, 5) is 6.21. The van der Waals surface area contributed by atoms with Crippen LogP contribution >= 0.6 is 23.4 Å². The lowest BCUT2D eigenvalue weighted by Gasteiger charge is -2.39. The Morgan fingerprint density at radius 3 is 2.79 bits per heavy atom. The van der Waals surface area contributed by atoms with Crippen LogP contribution in [0.2, 0.25) is 5.02 Å². The van der Waals surface area contributed by atoms with Crippen LogP contribution < -0.4 is 0 Å². The first-order chi connectivity index (χ1) is 11.7. The summed E-state index contributed by atoms with van der Waals surface area (Å²) in [5.41, 5.74) is 1.34. The van der Waals surface area contributed by atoms with Gasteiger partial charge in [0.05, 0.1) is 17.7 Å². The predicted octanol–water partition coefficient (Wildman–Crippen LogP) is 2.96. The van der Waals surface area contributed by atoms with Crippen molar-refractivity contribution in [3.05, 3.63) is 47.1 Å². The standard InChI is InChI=1S/C18H22ClN3OS/c19-14-3-4-17-15(12-14)16(13-22-5-1-2-18(22)24-17)21-8-6-20(7-9-21)10-11-23/h1-5,12,16,23H,6-11,13H2/t16-/m0/s1. The molecule has 2 aliphatic rings. The zero-order valence-corrected chi connectivity index (χ0v) is 15.1. The highest BCUT2D eigenvalue weighted by Gasteiger charge is 2.29. The molecule has 2 aromatic rings. The normalized spacial score (nSPS) is 22.0. The van der Waals surface area contributed by atoms with Gasteiger partial charge in [0.1, 0.15) is 0 Å². The Kier molecular flexibility index (Phi) is 4.88. The quantitative estimate of drug-likeness (QED) is 0.908. The molecule has 4 nitrogen and oxygen atoms in total. The molecule has 6 heteroatoms. The first kappa shape index (κ1) is 16.5. The minimum absolute atomic E-state index is 0.241. The molecule has 0 unspecified atom stereocenters. The first-order valence-corrected chi connectivity index (χ1v) is 9.64. The lowest BCUT2D eigenvalue weighted by molar-refractivity contribution is 0.0758. The first-order valence-electron chi connectivity index (χ1n) is 8.44. The number of aliphatic hydroxyl groups excluding tert-OH is 1. The van der Waals surface area contributed by atoms with Crippen LogP contribution in [0, 0.1) is 0 Å². The van der Waals surface area contributed by atoms with Gasteiger partial charge in [0, 0.05) is 55.4 Å². The zero-order chi connectivity index (χ0) is 16.5. The molecular formula is C18H22ClN3OS. The summed E-state index contributed by atoms with van der Waals surface area (Å²) in [5, 5.41) is 11.2. The third-order valence-electron chi connectivity index (χ3n) is 4.97. The van der Waals surface area contributed by atoms with Gasteiger partial charge in [-0.25, -0.2) is 0 Å². The lowest BCUT2D eigenvalue weighted by atomic mass is 10.0. The molecular weight excluding hydrogens is 342 g/mol. The monoisotopic (exact) mass is 363 g/mol. The van der Waals surface area contributed by atoms with Crippen molar-refractivity contribution in [2.24, 2.45) is 0 Å². The number of piperazine rings is 1. The Labute approximate surface area is 152 Å². The van der Waals surface area contributed by atoms with Gasteiger partial charge in [-0.05, 0) is 35.9 Å². The Bertz CT molecular complexity index is 712. The molecule has 1 atom stereocenters. The van der Waals surface area contributed by atoms with Gasteiger partial charge in [-0.1, -0.05) is 23.4 Å². The average Bonchev–Trinajstić information content (AvgIpc) is 2.96. The van der Waals surface area contributed by atoms with E-state index >= 15 is 0 Å². The van der Waals surface area contributed by atoms with Gasteiger partial charge in [0.15, 0.2) is 0 Å². The number of hydrogen-bond acceptors (Lipinski definition) is 4. The maximum absolute atomic E-state index is 9.14. The van der Waals surface area contributed by atoms with Crippen molar-refractivity contribution in [1.29, 1.82) is 0 Å². The maximum atomic E-state index is 9.14. The van der Waals surface area contributed by atoms with Gasteiger partial charge in [0.25, 0.3) is 0 Å². The van der Waals surface area contributed by atoms with E-state index in [2.05, 4.69) is 44.8 Å². The second-order valence-electron chi connectivity index (χ2n) is 6.40. The highest BCUT2D eigenvalue weighted by Crippen LogP contribution is 2.41. The summed E-state index contributed by atoms with van der Waals surface area (Å²) in [7, 11) is 0. The fourth-order valence-corrected chi connectivity index (χ4v) is 4.92. The summed E-state index contributed by atoms with van der Waals surface area (Å²) < 4.78 is 2.35. The predicted molar refractivity (Wildman–Crippen MR) is 97.8 cm³/mol. The van der Waals surface area contributed by atoms with Crippen molar-refractivity contribution in [3.8, 4) is 0 Å². The summed E-state index contributed by atoms with van der Waals surface area (Å²) >= 11 is 8.14. The molecule has 128 valence electrons. The molecule has 1 aromatic heterocycles. The minimum Gasteiger partial charge on any atom is -0.395 e. The lowest BCUT2D eigenvalue weighted by Crippen LogP contribution is -2.48. The van der Waals surface area contributed by atoms with Crippen LogP contribution in [-0.2, 0) is 6.54 Å². The van der Waals surface area contributed by atoms with Crippen LogP contribution in [-0.4, -0.2) is 58.8 Å². The van der Waals surface area contributed by atoms with Crippen molar-refractivity contribution < 1.29 is 5.11 Å². The molecule has 2 aliphatic heterocycles. The Morgan fingerprint density at radius 2 is 2.00 bits per heavy atom. The van der Waals surface area contributed by atoms with Gasteiger partial charge in [-0.3, -0.25) is 9.80 Å². The Balaban J connectivity index is 1.63. The highest BCUT2D eigenvalue weighted by atomic mass is 35.5. The van der Waals surface area contributed by atoms with Gasteiger partial charge < -0.3 is 9.67 Å². The SMILES string of the molecule is OCCN1CCN([C@H]2Cn3cccc3Sc3ccc(Cl)cc32)CC1. The van der Waals surface area contributed by atoms with E-state index in [1.54, 1.807) is 0 Å². The fourth-order valence-electron chi connectivity index (χ4n) is 3.66. The zero-order valence-electron chi connectivity index (χ0n) is 13.6. The number of fused-ring (bicyclic) bond motifs is 2. The van der Waals surface area contributed by atoms with Crippen LogP contribution in [0.25, 0.3) is 0 Å². The number of hydrogen-bond donors (Lipinski definition) is 1. The van der Waals surface area contributed by atoms with E-state index in [9.17, 15) is 0 Å². The van der Waals surface area contributed by atoms with E-state index in [1.807, 2.05) is 17.8 Å². The minimum atomic E-state index is 0.241. The smallest absolute Gasteiger partial charge is 0.0797 e. The summed E-state index contributed by atoms with van der Waals surface area (Å²) in [5.74, 6) is 0. The van der Waals surface area contributed by atoms with E-state index in [1.165, 1.54) is 15.5 Å². The molecule has 0 saturated carbocycles. The maximum Gasteiger partial charge on any atom is 0.0797 e. The average molecular weight is 364 g/mol. The number of halogens is 1. The third-order valence-corrected chi connectivity index (χ3v) is 6.37. The molecule has 1 N–H and O–H groups in total. The molecule has 0 amide bonds. The van der Waals surface area contributed by atoms with Crippen LogP contribution in [0.5, 0.6) is 0 Å². The van der Waals surface area contributed by atoms with Gasteiger partial charge >= 0.3 is 0 Å². The number of aliphatic hydroxyl groups is 1. The Hall–Kier alpha value is -0.980. The number of benzene rings is 1. The number of β-amino-alcohol motifs (C(OH)–C–C–N with tert-alkyl or cyclic N) is 1. The molecule has 3 heterocycles. The molecule has 1 saturated heterocycles. The van der Waals surface area contributed by atoms with Crippen molar-refractivity contribution >= 4 is 23.4 Å². The molecule has 1 aromatic carbocycles. The summed E-state index contributed by atoms with van der Waals surface area (Å²) in [6.45, 7) is 6.06. The molecule has 4 rings (SSSR count). The van der Waals surface area contributed by atoms with Crippen molar-refractivity contribution in [3.63, 3.8) is 0 Å². The van der Waals surface area contributed by atoms with Gasteiger partial charge in [-0.15, -0.1) is 0 Å². The summed E-state index contributed by atoms with van der Waals surface area (Å²) in [6.07, 6.45) is 2.17. The number of rotatable bonds is 3. The van der Waals surface area contributed by atoms with E-state index in [0.29, 0.717) is 6.04 Å². The fraction of sp³-hybridized carbons (Fsp3) is 0.444. The van der Waals surface area contributed by atoms with Crippen molar-refractivity contribution in [2.75, 3.05) is 39.3 Å². The van der Waals surface area contributed by atoms with Crippen molar-refractivity contribution in [2.45, 2.75) is 22.5 Å². The van der Waals surface area contributed by atoms with Crippen LogP contribution in [0.4, 0.5) is 0 Å². The molecule has 0 spiro atoms. The van der Waals surface area contributed by atoms with Gasteiger partial charge in [-0.2, -0.15) is 0 Å². The van der Waals surface area contributed by atoms with Crippen molar-refractivity contribution in [1.82, 2.24) is 14.4 Å². The van der Waals surface area contributed by atoms with E-state index in [0.717, 1.165) is 44.3 Å². The van der Waals surface area contributed by atoms with E-state index in [-0.39, 0.29) is 6.61 Å². The van der Waals surface area contributed by atoms with Crippen LogP contribution in [0.1, 0.15) is 11.6 Å². The molecule has 0 bridgehead atoms. The largest absolute Gasteiger partial charge is 0.395 e. The number of nitrogens with zero attached hydrogens (tertiary/aromatic N) is 3. The molecule has 1 fully saturated rings. The van der Waals surface area contributed by atoms with Crippen LogP contribution in [0.15, 0.2) is 46.5 Å². The second kappa shape index (κ2) is 7.10. The van der Waals surface area contributed by atoms with E-state index < -0.39 is 0 Å². The second-order valence-corrected chi connectivity index (χ2v) is 7.90. The van der Waals surface area contributed by atoms with Gasteiger partial charge in [0.2, 0.25) is 0 Å². The molecule has 0 aliphatic carbocycles. The molecule has 24 heavy (non-hydrogen) atoms. The molecule has 0 radical (unpaired) electrons. The summed E-state index contributed by atoms with van der Waals surface area (Å²) in [6, 6.07) is 10.9.